The van der Waals surface area contributed by atoms with Crippen LogP contribution in [0.15, 0.2) is 0 Å². The summed E-state index contributed by atoms with van der Waals surface area (Å²) in [6.07, 6.45) is 2.32. The lowest BCUT2D eigenvalue weighted by Crippen LogP contribution is -2.28. The SMILES string of the molecule is CC(C)(C)Nc1nc(N)c(C(=O)NCC2CCC(O)C2)s1. The standard InChI is InChI=1S/C14H24N4O2S/c1-14(2,3)18-13-17-11(15)10(21-13)12(20)16-7-8-4-5-9(19)6-8/h8-9,19H,4-7,15H2,1-3H3,(H,16,20)(H,17,18). The van der Waals surface area contributed by atoms with Crippen molar-refractivity contribution in [2.75, 3.05) is 17.6 Å². The smallest absolute Gasteiger partial charge is 0.265 e. The Kier molecular flexibility index (Phi) is 4.73. The number of thiazole rings is 1. The van der Waals surface area contributed by atoms with E-state index in [9.17, 15) is 9.90 Å². The number of nitrogen functional groups attached to an aromatic ring is 1. The molecular formula is C14H24N4O2S. The van der Waals surface area contributed by atoms with Crippen molar-refractivity contribution >= 4 is 28.2 Å². The monoisotopic (exact) mass is 312 g/mol. The van der Waals surface area contributed by atoms with Gasteiger partial charge in [0, 0.05) is 12.1 Å². The van der Waals surface area contributed by atoms with Crippen LogP contribution in [0.1, 0.15) is 49.7 Å². The minimum absolute atomic E-state index is 0.127. The summed E-state index contributed by atoms with van der Waals surface area (Å²) in [6, 6.07) is 0. The van der Waals surface area contributed by atoms with E-state index in [1.165, 1.54) is 11.3 Å². The predicted octanol–water partition coefficient (Wildman–Crippen LogP) is 1.83. The molecule has 1 heterocycles. The largest absolute Gasteiger partial charge is 0.393 e. The van der Waals surface area contributed by atoms with Crippen LogP contribution < -0.4 is 16.4 Å². The molecule has 0 spiro atoms. The molecule has 21 heavy (non-hydrogen) atoms. The lowest BCUT2D eigenvalue weighted by atomic mass is 10.1. The Morgan fingerprint density at radius 2 is 2.19 bits per heavy atom. The van der Waals surface area contributed by atoms with E-state index in [0.717, 1.165) is 19.3 Å². The second-order valence-electron chi connectivity index (χ2n) is 6.65. The molecule has 0 aromatic carbocycles. The molecule has 1 saturated carbocycles. The first-order valence-electron chi connectivity index (χ1n) is 7.25. The minimum atomic E-state index is -0.219. The third kappa shape index (κ3) is 4.57. The fourth-order valence-corrected chi connectivity index (χ4v) is 3.43. The zero-order valence-corrected chi connectivity index (χ0v) is 13.6. The van der Waals surface area contributed by atoms with E-state index < -0.39 is 0 Å². The van der Waals surface area contributed by atoms with Gasteiger partial charge in [-0.15, -0.1) is 0 Å². The van der Waals surface area contributed by atoms with Crippen LogP contribution in [0.25, 0.3) is 0 Å². The fraction of sp³-hybridized carbons (Fsp3) is 0.714. The van der Waals surface area contributed by atoms with E-state index >= 15 is 0 Å². The number of hydrogen-bond donors (Lipinski definition) is 4. The Hall–Kier alpha value is -1.34. The van der Waals surface area contributed by atoms with Gasteiger partial charge in [-0.05, 0) is 46.0 Å². The van der Waals surface area contributed by atoms with Gasteiger partial charge in [-0.3, -0.25) is 4.79 Å². The topological polar surface area (TPSA) is 100 Å². The number of carbonyl (C=O) groups excluding carboxylic acids is 1. The minimum Gasteiger partial charge on any atom is -0.393 e. The summed E-state index contributed by atoms with van der Waals surface area (Å²) < 4.78 is 0. The van der Waals surface area contributed by atoms with E-state index in [1.54, 1.807) is 0 Å². The van der Waals surface area contributed by atoms with Crippen LogP contribution in [0.5, 0.6) is 0 Å². The van der Waals surface area contributed by atoms with Crippen LogP contribution in [0.4, 0.5) is 10.9 Å². The molecule has 1 fully saturated rings. The summed E-state index contributed by atoms with van der Waals surface area (Å²) >= 11 is 1.27. The first-order valence-corrected chi connectivity index (χ1v) is 8.07. The molecule has 1 aromatic heterocycles. The molecule has 5 N–H and O–H groups in total. The molecule has 6 nitrogen and oxygen atoms in total. The number of rotatable bonds is 4. The first kappa shape index (κ1) is 16.0. The Bertz CT molecular complexity index is 510. The molecule has 118 valence electrons. The number of aromatic nitrogens is 1. The maximum atomic E-state index is 12.2. The van der Waals surface area contributed by atoms with Gasteiger partial charge in [0.25, 0.3) is 5.91 Å². The van der Waals surface area contributed by atoms with Gasteiger partial charge >= 0.3 is 0 Å². The summed E-state index contributed by atoms with van der Waals surface area (Å²) in [5.74, 6) is 0.425. The number of nitrogens with zero attached hydrogens (tertiary/aromatic N) is 1. The van der Waals surface area contributed by atoms with Gasteiger partial charge in [-0.2, -0.15) is 0 Å². The maximum Gasteiger partial charge on any atom is 0.265 e. The molecule has 7 heteroatoms. The molecule has 1 amide bonds. The van der Waals surface area contributed by atoms with Crippen LogP contribution >= 0.6 is 11.3 Å². The van der Waals surface area contributed by atoms with Crippen LogP contribution in [0, 0.1) is 5.92 Å². The number of aliphatic hydroxyl groups is 1. The zero-order chi connectivity index (χ0) is 15.6. The van der Waals surface area contributed by atoms with Crippen molar-refractivity contribution in [2.45, 2.75) is 51.7 Å². The Morgan fingerprint density at radius 1 is 1.48 bits per heavy atom. The molecule has 0 bridgehead atoms. The molecule has 2 unspecified atom stereocenters. The molecule has 0 aliphatic heterocycles. The highest BCUT2D eigenvalue weighted by Gasteiger charge is 2.24. The van der Waals surface area contributed by atoms with Gasteiger partial charge in [0.15, 0.2) is 5.13 Å². The van der Waals surface area contributed by atoms with Crippen LogP contribution in [-0.4, -0.2) is 34.2 Å². The summed E-state index contributed by atoms with van der Waals surface area (Å²) in [5.41, 5.74) is 5.70. The lowest BCUT2D eigenvalue weighted by molar-refractivity contribution is 0.0950. The van der Waals surface area contributed by atoms with Gasteiger partial charge in [0.1, 0.15) is 10.7 Å². The Balaban J connectivity index is 1.93. The average molecular weight is 312 g/mol. The number of carbonyl (C=O) groups is 1. The van der Waals surface area contributed by atoms with Crippen molar-refractivity contribution in [3.63, 3.8) is 0 Å². The summed E-state index contributed by atoms with van der Waals surface area (Å²) in [5, 5.41) is 16.2. The number of hydrogen-bond acceptors (Lipinski definition) is 6. The van der Waals surface area contributed by atoms with Crippen molar-refractivity contribution < 1.29 is 9.90 Å². The Labute approximate surface area is 129 Å². The molecular weight excluding hydrogens is 288 g/mol. The van der Waals surface area contributed by atoms with E-state index in [1.807, 2.05) is 20.8 Å². The number of anilines is 2. The zero-order valence-electron chi connectivity index (χ0n) is 12.8. The van der Waals surface area contributed by atoms with Crippen molar-refractivity contribution in [3.8, 4) is 0 Å². The summed E-state index contributed by atoms with van der Waals surface area (Å²) in [7, 11) is 0. The third-order valence-electron chi connectivity index (χ3n) is 3.41. The lowest BCUT2D eigenvalue weighted by Gasteiger charge is -2.19. The third-order valence-corrected chi connectivity index (χ3v) is 4.39. The summed E-state index contributed by atoms with van der Waals surface area (Å²) in [6.45, 7) is 6.65. The van der Waals surface area contributed by atoms with E-state index in [4.69, 9.17) is 5.73 Å². The molecule has 1 aromatic rings. The highest BCUT2D eigenvalue weighted by molar-refractivity contribution is 7.18. The van der Waals surface area contributed by atoms with Gasteiger partial charge in [0.05, 0.1) is 6.10 Å². The highest BCUT2D eigenvalue weighted by atomic mass is 32.1. The number of nitrogens with two attached hydrogens (primary N) is 1. The van der Waals surface area contributed by atoms with Crippen LogP contribution in [0.3, 0.4) is 0 Å². The van der Waals surface area contributed by atoms with E-state index in [2.05, 4.69) is 15.6 Å². The molecule has 1 aliphatic rings. The van der Waals surface area contributed by atoms with E-state index in [0.29, 0.717) is 22.5 Å². The van der Waals surface area contributed by atoms with Crippen LogP contribution in [-0.2, 0) is 0 Å². The molecule has 2 rings (SSSR count). The van der Waals surface area contributed by atoms with Gasteiger partial charge in [-0.1, -0.05) is 11.3 Å². The Morgan fingerprint density at radius 3 is 2.76 bits per heavy atom. The van der Waals surface area contributed by atoms with Crippen molar-refractivity contribution in [1.29, 1.82) is 0 Å². The fourth-order valence-electron chi connectivity index (χ4n) is 2.42. The number of aliphatic hydroxyl groups excluding tert-OH is 1. The van der Waals surface area contributed by atoms with Gasteiger partial charge < -0.3 is 21.5 Å². The maximum absolute atomic E-state index is 12.2. The molecule has 1 aliphatic carbocycles. The quantitative estimate of drug-likeness (QED) is 0.679. The van der Waals surface area contributed by atoms with Crippen molar-refractivity contribution in [1.82, 2.24) is 10.3 Å². The number of nitrogens with one attached hydrogen (secondary N) is 2. The van der Waals surface area contributed by atoms with E-state index in [-0.39, 0.29) is 23.4 Å². The average Bonchev–Trinajstić information content (AvgIpc) is 2.90. The summed E-state index contributed by atoms with van der Waals surface area (Å²) in [4.78, 5) is 16.8. The number of amides is 1. The van der Waals surface area contributed by atoms with Crippen LogP contribution in [0.2, 0.25) is 0 Å². The van der Waals surface area contributed by atoms with Crippen molar-refractivity contribution in [2.24, 2.45) is 5.92 Å². The molecule has 0 radical (unpaired) electrons. The second-order valence-corrected chi connectivity index (χ2v) is 7.65. The van der Waals surface area contributed by atoms with Gasteiger partial charge in [-0.25, -0.2) is 4.98 Å². The molecule has 0 saturated heterocycles. The van der Waals surface area contributed by atoms with Gasteiger partial charge in [0.2, 0.25) is 0 Å². The second kappa shape index (κ2) is 6.19. The first-order chi connectivity index (χ1) is 9.74. The van der Waals surface area contributed by atoms with Crippen molar-refractivity contribution in [3.05, 3.63) is 4.88 Å². The predicted molar refractivity (Wildman–Crippen MR) is 85.6 cm³/mol. The highest BCUT2D eigenvalue weighted by Crippen LogP contribution is 2.28. The molecule has 2 atom stereocenters. The normalized spacial score (nSPS) is 22.3.